The average molecular weight is 522 g/mol. The van der Waals surface area contributed by atoms with Crippen LogP contribution in [-0.4, -0.2) is 22.9 Å². The number of hydrogen-bond donors (Lipinski definition) is 2. The van der Waals surface area contributed by atoms with Gasteiger partial charge in [-0.05, 0) is 59.1 Å². The molecule has 0 unspecified atom stereocenters. The van der Waals surface area contributed by atoms with Crippen molar-refractivity contribution in [3.63, 3.8) is 0 Å². The van der Waals surface area contributed by atoms with Gasteiger partial charge in [0.2, 0.25) is 0 Å². The first-order valence-electron chi connectivity index (χ1n) is 11.1. The Labute approximate surface area is 205 Å². The summed E-state index contributed by atoms with van der Waals surface area (Å²) in [5, 5.41) is 18.6. The van der Waals surface area contributed by atoms with Crippen LogP contribution in [0.4, 0.5) is 5.69 Å². The first kappa shape index (κ1) is 22.6. The summed E-state index contributed by atoms with van der Waals surface area (Å²) < 4.78 is 6.69. The summed E-state index contributed by atoms with van der Waals surface area (Å²) in [6.07, 6.45) is 0. The number of benzene rings is 3. The number of carbonyl (C=O) groups is 1. The molecule has 174 valence electrons. The Hall–Kier alpha value is -3.23. The molecule has 0 radical (unpaired) electrons. The molecule has 3 aromatic rings. The number of hydrogen-bond acceptors (Lipinski definition) is 5. The highest BCUT2D eigenvalue weighted by Crippen LogP contribution is 2.50. The zero-order valence-corrected chi connectivity index (χ0v) is 20.3. The smallest absolute Gasteiger partial charge is 0.256 e. The zero-order valence-electron chi connectivity index (χ0n) is 18.7. The van der Waals surface area contributed by atoms with Crippen LogP contribution in [0.25, 0.3) is 0 Å². The number of fused-ring (bicyclic) bond motifs is 2. The van der Waals surface area contributed by atoms with Gasteiger partial charge in [-0.2, -0.15) is 0 Å². The first-order chi connectivity index (χ1) is 16.3. The van der Waals surface area contributed by atoms with E-state index in [0.29, 0.717) is 28.1 Å². The summed E-state index contributed by atoms with van der Waals surface area (Å²) in [6, 6.07) is 19.3. The second-order valence-corrected chi connectivity index (χ2v) is 9.82. The summed E-state index contributed by atoms with van der Waals surface area (Å²) in [5.74, 6) is -0.254. The highest BCUT2D eigenvalue weighted by atomic mass is 79.9. The lowest BCUT2D eigenvalue weighted by atomic mass is 9.78. The number of para-hydroxylation sites is 1. The number of rotatable bonds is 5. The molecular weight excluding hydrogens is 498 g/mol. The molecule has 1 saturated heterocycles. The quantitative estimate of drug-likeness (QED) is 0.367. The van der Waals surface area contributed by atoms with Gasteiger partial charge in [0.15, 0.2) is 5.54 Å². The van der Waals surface area contributed by atoms with Crippen LogP contribution in [0.2, 0.25) is 0 Å². The average Bonchev–Trinajstić information content (AvgIpc) is 3.28. The lowest BCUT2D eigenvalue weighted by Gasteiger charge is -2.25. The maximum Gasteiger partial charge on any atom is 0.256 e. The molecule has 0 bridgehead atoms. The maximum absolute atomic E-state index is 13.1. The normalized spacial score (nSPS) is 25.3. The molecule has 2 heterocycles. The highest BCUT2D eigenvalue weighted by molar-refractivity contribution is 9.10. The van der Waals surface area contributed by atoms with Crippen LogP contribution in [-0.2, 0) is 16.9 Å². The Balaban J connectivity index is 1.46. The highest BCUT2D eigenvalue weighted by Gasteiger charge is 2.67. The third-order valence-corrected chi connectivity index (χ3v) is 7.44. The number of ether oxygens (including phenoxy) is 1. The molecule has 2 aliphatic heterocycles. The lowest BCUT2D eigenvalue weighted by Crippen LogP contribution is -2.54. The minimum absolute atomic E-state index is 0.307. The molecule has 2 aliphatic rings. The molecule has 0 aliphatic carbocycles. The summed E-state index contributed by atoms with van der Waals surface area (Å²) in [7, 11) is 0. The van der Waals surface area contributed by atoms with Gasteiger partial charge in [0.25, 0.3) is 11.9 Å². The van der Waals surface area contributed by atoms with Crippen molar-refractivity contribution < 1.29 is 14.5 Å². The summed E-state index contributed by atoms with van der Waals surface area (Å²) in [6.45, 7) is 4.34. The van der Waals surface area contributed by atoms with Crippen molar-refractivity contribution in [1.29, 1.82) is 0 Å². The van der Waals surface area contributed by atoms with E-state index in [9.17, 15) is 14.9 Å². The molecule has 2 N–H and O–H groups in total. The Kier molecular flexibility index (Phi) is 5.65. The number of carbonyl (C=O) groups excluding carboxylic acids is 1. The number of aryl methyl sites for hydroxylation is 1. The number of nitrogens with zero attached hydrogens (tertiary/aromatic N) is 1. The monoisotopic (exact) mass is 521 g/mol. The molecule has 3 aromatic carbocycles. The minimum atomic E-state index is -1.42. The number of nitro groups is 1. The van der Waals surface area contributed by atoms with E-state index in [1.165, 1.54) is 5.56 Å². The molecule has 4 atom stereocenters. The maximum atomic E-state index is 13.1. The summed E-state index contributed by atoms with van der Waals surface area (Å²) in [4.78, 5) is 25.3. The SMILES string of the molecule is Cc1ccc(COc2ccc([C@@H]3[C@H](C)N[C@@]4(C(=O)Nc5ccccc54)[C@H]3[N+](=O)[O-])cc2Br)cc1. The lowest BCUT2D eigenvalue weighted by molar-refractivity contribution is -0.532. The molecule has 8 heteroatoms. The first-order valence-corrected chi connectivity index (χ1v) is 11.9. The van der Waals surface area contributed by atoms with Gasteiger partial charge in [0, 0.05) is 22.2 Å². The van der Waals surface area contributed by atoms with Crippen LogP contribution in [0.5, 0.6) is 5.75 Å². The van der Waals surface area contributed by atoms with E-state index in [4.69, 9.17) is 4.74 Å². The predicted molar refractivity (Wildman–Crippen MR) is 133 cm³/mol. The standard InChI is InChI=1S/C26H24BrN3O4/c1-15-7-9-17(10-8-15)14-34-22-12-11-18(13-20(22)27)23-16(2)29-26(24(23)30(32)33)19-5-3-4-6-21(19)28-25(26)31/h3-13,16,23-24,29H,14H2,1-2H3,(H,28,31)/t16-,23-,24-,26+/m0/s1. The molecular formula is C26H24BrN3O4. The van der Waals surface area contributed by atoms with E-state index in [0.717, 1.165) is 11.1 Å². The van der Waals surface area contributed by atoms with Crippen LogP contribution in [0.15, 0.2) is 71.2 Å². The van der Waals surface area contributed by atoms with Crippen LogP contribution in [0, 0.1) is 17.0 Å². The molecule has 1 amide bonds. The van der Waals surface area contributed by atoms with Crippen molar-refractivity contribution in [2.45, 2.75) is 44.0 Å². The molecule has 1 spiro atoms. The molecule has 1 fully saturated rings. The number of anilines is 1. The van der Waals surface area contributed by atoms with Gasteiger partial charge >= 0.3 is 0 Å². The Morgan fingerprint density at radius 3 is 2.56 bits per heavy atom. The molecule has 0 aromatic heterocycles. The van der Waals surface area contributed by atoms with E-state index in [1.54, 1.807) is 18.2 Å². The number of amides is 1. The topological polar surface area (TPSA) is 93.5 Å². The summed E-state index contributed by atoms with van der Waals surface area (Å²) in [5.41, 5.74) is 2.82. The number of halogens is 1. The van der Waals surface area contributed by atoms with Crippen LogP contribution < -0.4 is 15.4 Å². The van der Waals surface area contributed by atoms with Gasteiger partial charge in [0.05, 0.1) is 10.4 Å². The van der Waals surface area contributed by atoms with Crippen LogP contribution in [0.1, 0.15) is 35.1 Å². The van der Waals surface area contributed by atoms with Gasteiger partial charge in [-0.3, -0.25) is 20.2 Å². The van der Waals surface area contributed by atoms with Crippen LogP contribution in [0.3, 0.4) is 0 Å². The van der Waals surface area contributed by atoms with Gasteiger partial charge in [0.1, 0.15) is 12.4 Å². The Bertz CT molecular complexity index is 1280. The third kappa shape index (κ3) is 3.58. The van der Waals surface area contributed by atoms with E-state index >= 15 is 0 Å². The Morgan fingerprint density at radius 1 is 1.12 bits per heavy atom. The number of nitrogens with one attached hydrogen (secondary N) is 2. The van der Waals surface area contributed by atoms with Crippen molar-refractivity contribution in [2.24, 2.45) is 0 Å². The van der Waals surface area contributed by atoms with Gasteiger partial charge in [-0.15, -0.1) is 0 Å². The van der Waals surface area contributed by atoms with Crippen molar-refractivity contribution in [1.82, 2.24) is 5.32 Å². The second kappa shape index (κ2) is 8.52. The third-order valence-electron chi connectivity index (χ3n) is 6.82. The van der Waals surface area contributed by atoms with Gasteiger partial charge in [-0.1, -0.05) is 54.1 Å². The predicted octanol–water partition coefficient (Wildman–Crippen LogP) is 4.90. The fourth-order valence-corrected chi connectivity index (χ4v) is 5.75. The fraction of sp³-hybridized carbons (Fsp3) is 0.269. The van der Waals surface area contributed by atoms with E-state index in [2.05, 4.69) is 26.6 Å². The van der Waals surface area contributed by atoms with Crippen molar-refractivity contribution >= 4 is 27.5 Å². The second-order valence-electron chi connectivity index (χ2n) is 8.96. The summed E-state index contributed by atoms with van der Waals surface area (Å²) >= 11 is 3.57. The Morgan fingerprint density at radius 2 is 1.85 bits per heavy atom. The van der Waals surface area contributed by atoms with E-state index in [-0.39, 0.29) is 16.9 Å². The van der Waals surface area contributed by atoms with Crippen molar-refractivity contribution in [3.05, 3.63) is 104 Å². The molecule has 5 rings (SSSR count). The minimum Gasteiger partial charge on any atom is -0.488 e. The molecule has 7 nitrogen and oxygen atoms in total. The zero-order chi connectivity index (χ0) is 24.0. The van der Waals surface area contributed by atoms with E-state index in [1.807, 2.05) is 62.4 Å². The van der Waals surface area contributed by atoms with Crippen molar-refractivity contribution in [2.75, 3.05) is 5.32 Å². The largest absolute Gasteiger partial charge is 0.488 e. The fourth-order valence-electron chi connectivity index (χ4n) is 5.24. The van der Waals surface area contributed by atoms with Gasteiger partial charge < -0.3 is 10.1 Å². The van der Waals surface area contributed by atoms with Gasteiger partial charge in [-0.25, -0.2) is 0 Å². The van der Waals surface area contributed by atoms with Crippen molar-refractivity contribution in [3.8, 4) is 5.75 Å². The van der Waals surface area contributed by atoms with Crippen LogP contribution >= 0.6 is 15.9 Å². The van der Waals surface area contributed by atoms with E-state index < -0.39 is 17.5 Å². The molecule has 34 heavy (non-hydrogen) atoms. The molecule has 0 saturated carbocycles.